The van der Waals surface area contributed by atoms with Crippen molar-refractivity contribution in [3.05, 3.63) is 46.5 Å². The predicted octanol–water partition coefficient (Wildman–Crippen LogP) is 2.85. The monoisotopic (exact) mass is 442 g/mol. The molecule has 0 unspecified atom stereocenters. The number of amides is 2. The Hall–Kier alpha value is -2.48. The van der Waals surface area contributed by atoms with Crippen molar-refractivity contribution in [2.75, 3.05) is 24.5 Å². The van der Waals surface area contributed by atoms with Crippen LogP contribution in [0.4, 0.5) is 10.2 Å². The van der Waals surface area contributed by atoms with Crippen LogP contribution in [0.2, 0.25) is 0 Å². The fraction of sp³-hybridized carbons (Fsp3) is 0.522. The largest absolute Gasteiger partial charge is 0.356 e. The minimum Gasteiger partial charge on any atom is -0.356 e. The normalized spacial score (nSPS) is 27.7. The second-order valence-corrected chi connectivity index (χ2v) is 9.85. The Kier molecular flexibility index (Phi) is 5.65. The molecular formula is C23H27FN4O2S. The number of aromatic nitrogens is 1. The summed E-state index contributed by atoms with van der Waals surface area (Å²) in [6.07, 6.45) is 5.32. The highest BCUT2D eigenvalue weighted by Crippen LogP contribution is 2.42. The van der Waals surface area contributed by atoms with Crippen LogP contribution >= 0.6 is 11.3 Å². The average molecular weight is 443 g/mol. The smallest absolute Gasteiger partial charge is 0.243 e. The van der Waals surface area contributed by atoms with Gasteiger partial charge < -0.3 is 15.1 Å². The summed E-state index contributed by atoms with van der Waals surface area (Å²) in [5.41, 5.74) is 0. The summed E-state index contributed by atoms with van der Waals surface area (Å²) in [5.74, 6) is 0.805. The third-order valence-electron chi connectivity index (χ3n) is 6.90. The highest BCUT2D eigenvalue weighted by Gasteiger charge is 2.52. The molecule has 5 rings (SSSR count). The van der Waals surface area contributed by atoms with Crippen LogP contribution in [0.5, 0.6) is 0 Å². The maximum Gasteiger partial charge on any atom is 0.243 e. The van der Waals surface area contributed by atoms with E-state index in [2.05, 4.69) is 21.3 Å². The second kappa shape index (κ2) is 8.57. The van der Waals surface area contributed by atoms with E-state index < -0.39 is 6.04 Å². The van der Waals surface area contributed by atoms with Gasteiger partial charge in [-0.3, -0.25) is 9.59 Å². The van der Waals surface area contributed by atoms with E-state index in [1.165, 1.54) is 17.1 Å². The van der Waals surface area contributed by atoms with Gasteiger partial charge in [0.1, 0.15) is 17.7 Å². The maximum absolute atomic E-state index is 13.4. The lowest BCUT2D eigenvalue weighted by Gasteiger charge is -2.56. The number of fused-ring (bicyclic) bond motifs is 4. The molecule has 5 heterocycles. The molecule has 6 nitrogen and oxygen atoms in total. The third-order valence-corrected chi connectivity index (χ3v) is 7.83. The van der Waals surface area contributed by atoms with Crippen LogP contribution in [0.3, 0.4) is 0 Å². The van der Waals surface area contributed by atoms with E-state index in [-0.39, 0.29) is 29.6 Å². The molecule has 164 valence electrons. The van der Waals surface area contributed by atoms with E-state index in [9.17, 15) is 14.0 Å². The number of carbonyl (C=O) groups is 2. The Balaban J connectivity index is 1.36. The Morgan fingerprint density at radius 2 is 2.13 bits per heavy atom. The van der Waals surface area contributed by atoms with E-state index in [1.807, 2.05) is 16.3 Å². The molecule has 0 aromatic carbocycles. The number of nitrogens with zero attached hydrogens (tertiary/aromatic N) is 3. The molecule has 4 atom stereocenters. The molecule has 3 aliphatic heterocycles. The first-order valence-electron chi connectivity index (χ1n) is 11.1. The molecule has 0 saturated carbocycles. The van der Waals surface area contributed by atoms with Gasteiger partial charge in [-0.15, -0.1) is 11.3 Å². The van der Waals surface area contributed by atoms with Crippen molar-refractivity contribution in [1.29, 1.82) is 0 Å². The van der Waals surface area contributed by atoms with E-state index in [4.69, 9.17) is 0 Å². The first kappa shape index (κ1) is 20.4. The van der Waals surface area contributed by atoms with Crippen LogP contribution < -0.4 is 10.2 Å². The summed E-state index contributed by atoms with van der Waals surface area (Å²) in [6.45, 7) is 2.01. The van der Waals surface area contributed by atoms with Gasteiger partial charge >= 0.3 is 0 Å². The van der Waals surface area contributed by atoms with Gasteiger partial charge in [0.2, 0.25) is 11.8 Å². The number of thiophene rings is 1. The van der Waals surface area contributed by atoms with Gasteiger partial charge in [-0.1, -0.05) is 6.07 Å². The van der Waals surface area contributed by atoms with Crippen molar-refractivity contribution in [3.8, 4) is 0 Å². The first-order chi connectivity index (χ1) is 15.1. The predicted molar refractivity (Wildman–Crippen MR) is 117 cm³/mol. The molecule has 2 aromatic rings. The summed E-state index contributed by atoms with van der Waals surface area (Å²) in [7, 11) is 0. The number of hydrogen-bond acceptors (Lipinski definition) is 5. The van der Waals surface area contributed by atoms with E-state index >= 15 is 0 Å². The maximum atomic E-state index is 13.4. The molecule has 3 aliphatic rings. The fourth-order valence-electron chi connectivity index (χ4n) is 5.60. The number of carbonyl (C=O) groups excluding carboxylic acids is 2. The molecule has 0 spiro atoms. The second-order valence-electron chi connectivity index (χ2n) is 8.82. The van der Waals surface area contributed by atoms with Crippen molar-refractivity contribution >= 4 is 29.0 Å². The van der Waals surface area contributed by atoms with Crippen molar-refractivity contribution in [2.24, 2.45) is 11.8 Å². The average Bonchev–Trinajstić information content (AvgIpc) is 3.28. The van der Waals surface area contributed by atoms with E-state index in [0.29, 0.717) is 25.4 Å². The first-order valence-corrected chi connectivity index (χ1v) is 12.0. The zero-order valence-corrected chi connectivity index (χ0v) is 18.2. The number of pyridine rings is 1. The molecule has 2 aromatic heterocycles. The van der Waals surface area contributed by atoms with Gasteiger partial charge in [-0.25, -0.2) is 9.37 Å². The highest BCUT2D eigenvalue weighted by molar-refractivity contribution is 7.09. The lowest BCUT2D eigenvalue weighted by Crippen LogP contribution is -2.68. The van der Waals surface area contributed by atoms with Crippen molar-refractivity contribution in [3.63, 3.8) is 0 Å². The number of rotatable bonds is 5. The Bertz CT molecular complexity index is 936. The van der Waals surface area contributed by atoms with Crippen LogP contribution in [0.15, 0.2) is 35.8 Å². The zero-order valence-electron chi connectivity index (χ0n) is 17.4. The van der Waals surface area contributed by atoms with Crippen molar-refractivity contribution in [1.82, 2.24) is 15.2 Å². The molecule has 3 fully saturated rings. The number of hydrogen-bond donors (Lipinski definition) is 1. The fourth-order valence-corrected chi connectivity index (χ4v) is 6.31. The van der Waals surface area contributed by atoms with Crippen molar-refractivity contribution < 1.29 is 14.0 Å². The van der Waals surface area contributed by atoms with E-state index in [1.54, 1.807) is 17.4 Å². The molecule has 2 amide bonds. The summed E-state index contributed by atoms with van der Waals surface area (Å²) >= 11 is 1.69. The van der Waals surface area contributed by atoms with Gasteiger partial charge in [-0.05, 0) is 55.2 Å². The van der Waals surface area contributed by atoms with Crippen LogP contribution in [0.1, 0.15) is 30.6 Å². The molecule has 2 bridgehead atoms. The minimum atomic E-state index is -0.444. The van der Waals surface area contributed by atoms with Crippen LogP contribution in [0.25, 0.3) is 0 Å². The Morgan fingerprint density at radius 3 is 2.90 bits per heavy atom. The molecular weight excluding hydrogens is 415 g/mol. The number of nitrogens with one attached hydrogen (secondary N) is 1. The van der Waals surface area contributed by atoms with Crippen LogP contribution in [-0.2, 0) is 16.0 Å². The Labute approximate surface area is 185 Å². The van der Waals surface area contributed by atoms with Gasteiger partial charge in [-0.2, -0.15) is 0 Å². The molecule has 3 saturated heterocycles. The van der Waals surface area contributed by atoms with Gasteiger partial charge in [0, 0.05) is 42.9 Å². The summed E-state index contributed by atoms with van der Waals surface area (Å²) in [4.78, 5) is 35.8. The van der Waals surface area contributed by atoms with Gasteiger partial charge in [0.25, 0.3) is 0 Å². The number of anilines is 1. The SMILES string of the molecule is O=C(NCCc1cccs1)[C@H]1[C@@H]2C[C@@H](CN(c3ccc(F)cn3)C2)[C@@H]2CCCC(=O)N21. The lowest BCUT2D eigenvalue weighted by molar-refractivity contribution is -0.156. The molecule has 0 aliphatic carbocycles. The van der Waals surface area contributed by atoms with Crippen LogP contribution in [0, 0.1) is 17.7 Å². The zero-order chi connectivity index (χ0) is 21.4. The number of halogens is 1. The highest BCUT2D eigenvalue weighted by atomic mass is 32.1. The summed E-state index contributed by atoms with van der Waals surface area (Å²) in [6, 6.07) is 6.87. The lowest BCUT2D eigenvalue weighted by atomic mass is 9.71. The van der Waals surface area contributed by atoms with Crippen LogP contribution in [-0.4, -0.2) is 53.4 Å². The molecule has 1 N–H and O–H groups in total. The quantitative estimate of drug-likeness (QED) is 0.773. The molecule has 31 heavy (non-hydrogen) atoms. The number of piperidine rings is 3. The van der Waals surface area contributed by atoms with Crippen molar-refractivity contribution in [2.45, 2.75) is 44.2 Å². The standard InChI is InChI=1S/C23H27FN4O2S/c24-17-6-7-20(26-12-17)27-13-15-11-16(14-27)22(28-19(15)4-1-5-21(28)29)23(30)25-9-8-18-3-2-10-31-18/h2-3,6-7,10,12,15-16,19,22H,1,4-5,8-9,11,13-14H2,(H,25,30)/t15-,16+,19-,22+/m0/s1. The Morgan fingerprint density at radius 1 is 1.26 bits per heavy atom. The molecule has 0 radical (unpaired) electrons. The van der Waals surface area contributed by atoms with Gasteiger partial charge in [0.05, 0.1) is 6.20 Å². The molecule has 8 heteroatoms. The topological polar surface area (TPSA) is 65.5 Å². The van der Waals surface area contributed by atoms with E-state index in [0.717, 1.165) is 38.0 Å². The third kappa shape index (κ3) is 4.05. The summed E-state index contributed by atoms with van der Waals surface area (Å²) in [5, 5.41) is 5.14. The minimum absolute atomic E-state index is 0.0469. The van der Waals surface area contributed by atoms with Gasteiger partial charge in [0.15, 0.2) is 0 Å². The summed E-state index contributed by atoms with van der Waals surface area (Å²) < 4.78 is 13.4.